The minimum atomic E-state index is -1.08. The molecule has 0 bridgehead atoms. The molecule has 3 amide bonds. The van der Waals surface area contributed by atoms with Gasteiger partial charge in [0, 0.05) is 36.1 Å². The number of aliphatic hydroxyl groups is 1. The Bertz CT molecular complexity index is 875. The predicted molar refractivity (Wildman–Crippen MR) is 125 cm³/mol. The smallest absolute Gasteiger partial charge is 0.315 e. The summed E-state index contributed by atoms with van der Waals surface area (Å²) in [6, 6.07) is 6.47. The summed E-state index contributed by atoms with van der Waals surface area (Å²) in [5, 5.41) is 26.3. The third-order valence-corrected chi connectivity index (χ3v) is 7.36. The van der Waals surface area contributed by atoms with E-state index in [1.54, 1.807) is 12.1 Å². The molecule has 1 aliphatic heterocycles. The Balaban J connectivity index is 1.66. The van der Waals surface area contributed by atoms with Gasteiger partial charge in [0.1, 0.15) is 0 Å². The van der Waals surface area contributed by atoms with E-state index in [-0.39, 0.29) is 30.8 Å². The number of nitrogens with one attached hydrogen (secondary N) is 2. The Labute approximate surface area is 199 Å². The number of likely N-dealkylation sites (tertiary alicyclic amines) is 1. The SMILES string of the molecule is CC1(C)CN(C(=O)[C@H]2CCCC[C@H]2NC(=O)NCCC(=O)O)CC[C@]1(O)c1ccc(Cl)cc1. The van der Waals surface area contributed by atoms with Crippen LogP contribution in [0.5, 0.6) is 0 Å². The molecule has 0 unspecified atom stereocenters. The molecule has 1 saturated heterocycles. The van der Waals surface area contributed by atoms with Crippen LogP contribution in [0.3, 0.4) is 0 Å². The zero-order chi connectivity index (χ0) is 24.2. The maximum absolute atomic E-state index is 13.5. The summed E-state index contributed by atoms with van der Waals surface area (Å²) in [4.78, 5) is 38.2. The summed E-state index contributed by atoms with van der Waals surface area (Å²) >= 11 is 6.01. The van der Waals surface area contributed by atoms with Gasteiger partial charge in [-0.15, -0.1) is 0 Å². The Kier molecular flexibility index (Phi) is 7.90. The molecule has 1 heterocycles. The Morgan fingerprint density at radius 3 is 2.45 bits per heavy atom. The molecule has 0 aromatic heterocycles. The molecule has 4 N–H and O–H groups in total. The number of urea groups is 1. The quantitative estimate of drug-likeness (QED) is 0.499. The molecule has 2 aliphatic rings. The maximum Gasteiger partial charge on any atom is 0.315 e. The van der Waals surface area contributed by atoms with E-state index in [9.17, 15) is 19.5 Å². The van der Waals surface area contributed by atoms with Gasteiger partial charge in [0.2, 0.25) is 5.91 Å². The number of nitrogens with zero attached hydrogens (tertiary/aromatic N) is 1. The van der Waals surface area contributed by atoms with Crippen LogP contribution in [0.15, 0.2) is 24.3 Å². The second-order valence-electron chi connectivity index (χ2n) is 9.80. The Morgan fingerprint density at radius 2 is 1.82 bits per heavy atom. The molecule has 1 aromatic carbocycles. The Hall–Kier alpha value is -2.32. The lowest BCUT2D eigenvalue weighted by molar-refractivity contribution is -0.158. The summed E-state index contributed by atoms with van der Waals surface area (Å²) < 4.78 is 0. The largest absolute Gasteiger partial charge is 0.481 e. The molecule has 2 fully saturated rings. The summed E-state index contributed by atoms with van der Waals surface area (Å²) in [6.45, 7) is 4.80. The number of amides is 3. The highest BCUT2D eigenvalue weighted by Gasteiger charge is 2.50. The van der Waals surface area contributed by atoms with Crippen LogP contribution in [0.1, 0.15) is 57.9 Å². The number of hydrogen-bond donors (Lipinski definition) is 4. The first-order valence-electron chi connectivity index (χ1n) is 11.6. The van der Waals surface area contributed by atoms with Gasteiger partial charge in [-0.05, 0) is 37.0 Å². The lowest BCUT2D eigenvalue weighted by Gasteiger charge is -2.51. The summed E-state index contributed by atoms with van der Waals surface area (Å²) in [5.74, 6) is -1.31. The molecule has 1 saturated carbocycles. The fourth-order valence-corrected chi connectivity index (χ4v) is 5.23. The molecule has 8 nitrogen and oxygen atoms in total. The third-order valence-electron chi connectivity index (χ3n) is 7.11. The van der Waals surface area contributed by atoms with Gasteiger partial charge < -0.3 is 25.7 Å². The molecule has 3 rings (SSSR count). The monoisotopic (exact) mass is 479 g/mol. The van der Waals surface area contributed by atoms with Gasteiger partial charge in [0.25, 0.3) is 0 Å². The minimum Gasteiger partial charge on any atom is -0.481 e. The highest BCUT2D eigenvalue weighted by Crippen LogP contribution is 2.46. The van der Waals surface area contributed by atoms with Crippen molar-refractivity contribution in [2.75, 3.05) is 19.6 Å². The first kappa shape index (κ1) is 25.3. The molecule has 9 heteroatoms. The molecular formula is C24H34ClN3O5. The van der Waals surface area contributed by atoms with Crippen molar-refractivity contribution in [2.45, 2.75) is 64.0 Å². The normalized spacial score (nSPS) is 27.0. The highest BCUT2D eigenvalue weighted by molar-refractivity contribution is 6.30. The molecule has 0 radical (unpaired) electrons. The van der Waals surface area contributed by atoms with E-state index < -0.39 is 23.0 Å². The zero-order valence-corrected chi connectivity index (χ0v) is 20.0. The van der Waals surface area contributed by atoms with Crippen molar-refractivity contribution in [1.82, 2.24) is 15.5 Å². The van der Waals surface area contributed by atoms with E-state index in [4.69, 9.17) is 16.7 Å². The standard InChI is InChI=1S/C24H34ClN3O5/c1-23(2)15-28(14-12-24(23,33)16-7-9-17(25)10-8-16)21(31)18-5-3-4-6-19(18)27-22(32)26-13-11-20(29)30/h7-10,18-19,33H,3-6,11-15H2,1-2H3,(H,29,30)(H2,26,27,32)/t18-,19+,24-/m0/s1. The van der Waals surface area contributed by atoms with Crippen molar-refractivity contribution < 1.29 is 24.6 Å². The fourth-order valence-electron chi connectivity index (χ4n) is 5.11. The van der Waals surface area contributed by atoms with Crippen LogP contribution in [-0.2, 0) is 15.2 Å². The number of aliphatic carboxylic acids is 1. The van der Waals surface area contributed by atoms with Crippen LogP contribution < -0.4 is 10.6 Å². The minimum absolute atomic E-state index is 0.00299. The number of rotatable bonds is 6. The van der Waals surface area contributed by atoms with E-state index >= 15 is 0 Å². The topological polar surface area (TPSA) is 119 Å². The van der Waals surface area contributed by atoms with E-state index in [1.165, 1.54) is 0 Å². The fraction of sp³-hybridized carbons (Fsp3) is 0.625. The molecular weight excluding hydrogens is 446 g/mol. The van der Waals surface area contributed by atoms with Crippen LogP contribution in [0.25, 0.3) is 0 Å². The predicted octanol–water partition coefficient (Wildman–Crippen LogP) is 3.12. The lowest BCUT2D eigenvalue weighted by atomic mass is 9.66. The van der Waals surface area contributed by atoms with Crippen LogP contribution in [0, 0.1) is 11.3 Å². The molecule has 0 spiro atoms. The number of carbonyl (C=O) groups excluding carboxylic acids is 2. The van der Waals surface area contributed by atoms with Gasteiger partial charge in [-0.3, -0.25) is 9.59 Å². The average molecular weight is 480 g/mol. The van der Waals surface area contributed by atoms with Crippen molar-refractivity contribution >= 4 is 29.5 Å². The van der Waals surface area contributed by atoms with Crippen molar-refractivity contribution in [2.24, 2.45) is 11.3 Å². The van der Waals surface area contributed by atoms with Gasteiger partial charge in [-0.2, -0.15) is 0 Å². The summed E-state index contributed by atoms with van der Waals surface area (Å²) in [6.07, 6.45) is 3.49. The average Bonchev–Trinajstić information content (AvgIpc) is 2.75. The first-order valence-corrected chi connectivity index (χ1v) is 11.9. The van der Waals surface area contributed by atoms with Gasteiger partial charge in [0.15, 0.2) is 0 Å². The second-order valence-corrected chi connectivity index (χ2v) is 10.2. The van der Waals surface area contributed by atoms with E-state index in [0.29, 0.717) is 37.4 Å². The number of carbonyl (C=O) groups is 3. The zero-order valence-electron chi connectivity index (χ0n) is 19.3. The van der Waals surface area contributed by atoms with Gasteiger partial charge in [-0.1, -0.05) is 50.4 Å². The van der Waals surface area contributed by atoms with Crippen molar-refractivity contribution in [3.8, 4) is 0 Å². The highest BCUT2D eigenvalue weighted by atomic mass is 35.5. The summed E-state index contributed by atoms with van der Waals surface area (Å²) in [7, 11) is 0. The number of carboxylic acid groups (broad SMARTS) is 1. The number of hydrogen-bond acceptors (Lipinski definition) is 4. The Morgan fingerprint density at radius 1 is 1.15 bits per heavy atom. The van der Waals surface area contributed by atoms with Crippen molar-refractivity contribution in [3.63, 3.8) is 0 Å². The second kappa shape index (κ2) is 10.3. The van der Waals surface area contributed by atoms with Crippen molar-refractivity contribution in [1.29, 1.82) is 0 Å². The van der Waals surface area contributed by atoms with Crippen molar-refractivity contribution in [3.05, 3.63) is 34.9 Å². The summed E-state index contributed by atoms with van der Waals surface area (Å²) in [5.41, 5.74) is -0.873. The lowest BCUT2D eigenvalue weighted by Crippen LogP contribution is -2.59. The van der Waals surface area contributed by atoms with Crippen LogP contribution in [0.4, 0.5) is 4.79 Å². The van der Waals surface area contributed by atoms with Crippen LogP contribution in [0.2, 0.25) is 5.02 Å². The molecule has 3 atom stereocenters. The van der Waals surface area contributed by atoms with Crippen LogP contribution in [-0.4, -0.2) is 58.7 Å². The number of benzene rings is 1. The maximum atomic E-state index is 13.5. The molecule has 1 aromatic rings. The van der Waals surface area contributed by atoms with Gasteiger partial charge in [-0.25, -0.2) is 4.79 Å². The van der Waals surface area contributed by atoms with E-state index in [1.807, 2.05) is 30.9 Å². The molecule has 1 aliphatic carbocycles. The molecule has 33 heavy (non-hydrogen) atoms. The molecule has 182 valence electrons. The first-order chi connectivity index (χ1) is 15.5. The van der Waals surface area contributed by atoms with E-state index in [2.05, 4.69) is 10.6 Å². The van der Waals surface area contributed by atoms with Gasteiger partial charge >= 0.3 is 12.0 Å². The third kappa shape index (κ3) is 5.79. The van der Waals surface area contributed by atoms with Crippen LogP contribution >= 0.6 is 11.6 Å². The number of carboxylic acids is 1. The van der Waals surface area contributed by atoms with Gasteiger partial charge in [0.05, 0.1) is 17.9 Å². The number of halogens is 1. The number of piperidine rings is 1. The van der Waals surface area contributed by atoms with E-state index in [0.717, 1.165) is 18.4 Å².